The number of esters is 1. The number of aryl methyl sites for hydroxylation is 1. The molecular formula is C19H20N2O5. The summed E-state index contributed by atoms with van der Waals surface area (Å²) >= 11 is 0. The van der Waals surface area contributed by atoms with Crippen LogP contribution in [0.2, 0.25) is 0 Å². The Balaban J connectivity index is 1.63. The van der Waals surface area contributed by atoms with Gasteiger partial charge in [-0.05, 0) is 30.7 Å². The Kier molecular flexibility index (Phi) is 7.17. The minimum absolute atomic E-state index is 0.217. The van der Waals surface area contributed by atoms with Crippen LogP contribution in [0.25, 0.3) is 0 Å². The van der Waals surface area contributed by atoms with Gasteiger partial charge in [0.15, 0.2) is 13.2 Å². The van der Waals surface area contributed by atoms with Crippen molar-refractivity contribution in [3.8, 4) is 5.75 Å². The van der Waals surface area contributed by atoms with Gasteiger partial charge >= 0.3 is 5.97 Å². The van der Waals surface area contributed by atoms with E-state index in [0.29, 0.717) is 11.4 Å². The first-order chi connectivity index (χ1) is 12.5. The molecule has 2 aromatic rings. The highest BCUT2D eigenvalue weighted by molar-refractivity contribution is 5.93. The molecule has 0 unspecified atom stereocenters. The zero-order valence-corrected chi connectivity index (χ0v) is 14.4. The molecule has 2 rings (SSSR count). The fraction of sp³-hybridized carbons (Fsp3) is 0.211. The summed E-state index contributed by atoms with van der Waals surface area (Å²) in [6, 6.07) is 16.1. The smallest absolute Gasteiger partial charge is 0.325 e. The van der Waals surface area contributed by atoms with E-state index in [0.717, 1.165) is 5.56 Å². The predicted octanol–water partition coefficient (Wildman–Crippen LogP) is 1.67. The standard InChI is InChI=1S/C19H20N2O5/c1-14-7-5-6-10-16(14)21-18(23)13-26-19(24)11-20-17(22)12-25-15-8-3-2-4-9-15/h2-10H,11-13H2,1H3,(H,20,22)(H,21,23). The Morgan fingerprint density at radius 1 is 0.885 bits per heavy atom. The van der Waals surface area contributed by atoms with Crippen LogP contribution in [0.5, 0.6) is 5.75 Å². The second kappa shape index (κ2) is 9.83. The van der Waals surface area contributed by atoms with E-state index in [2.05, 4.69) is 10.6 Å². The molecule has 0 heterocycles. The van der Waals surface area contributed by atoms with Crippen molar-refractivity contribution in [1.29, 1.82) is 0 Å². The average Bonchev–Trinajstić information content (AvgIpc) is 2.65. The molecule has 0 saturated carbocycles. The van der Waals surface area contributed by atoms with Gasteiger partial charge in [0, 0.05) is 5.69 Å². The third kappa shape index (κ3) is 6.64. The molecule has 0 aliphatic heterocycles. The Morgan fingerprint density at radius 3 is 2.31 bits per heavy atom. The molecule has 0 aromatic heterocycles. The van der Waals surface area contributed by atoms with Crippen LogP contribution in [-0.4, -0.2) is 37.5 Å². The third-order valence-electron chi connectivity index (χ3n) is 3.33. The maximum absolute atomic E-state index is 11.8. The number of carbonyl (C=O) groups is 3. The first-order valence-electron chi connectivity index (χ1n) is 8.00. The van der Waals surface area contributed by atoms with E-state index in [1.807, 2.05) is 25.1 Å². The molecule has 0 spiro atoms. The van der Waals surface area contributed by atoms with Gasteiger partial charge in [0.05, 0.1) is 0 Å². The fourth-order valence-corrected chi connectivity index (χ4v) is 1.98. The maximum atomic E-state index is 11.8. The van der Waals surface area contributed by atoms with Gasteiger partial charge in [0.25, 0.3) is 11.8 Å². The molecule has 136 valence electrons. The summed E-state index contributed by atoms with van der Waals surface area (Å²) in [5.74, 6) is -1.07. The summed E-state index contributed by atoms with van der Waals surface area (Å²) in [5.41, 5.74) is 1.55. The molecule has 0 fully saturated rings. The predicted molar refractivity (Wildman–Crippen MR) is 95.7 cm³/mol. The largest absolute Gasteiger partial charge is 0.484 e. The Hall–Kier alpha value is -3.35. The summed E-state index contributed by atoms with van der Waals surface area (Å²) in [5, 5.41) is 5.01. The van der Waals surface area contributed by atoms with Crippen LogP contribution < -0.4 is 15.4 Å². The summed E-state index contributed by atoms with van der Waals surface area (Å²) < 4.78 is 10.1. The van der Waals surface area contributed by atoms with E-state index in [1.165, 1.54) is 0 Å². The Labute approximate surface area is 151 Å². The van der Waals surface area contributed by atoms with Crippen LogP contribution in [0.4, 0.5) is 5.69 Å². The molecule has 0 aliphatic carbocycles. The zero-order chi connectivity index (χ0) is 18.8. The molecule has 2 aromatic carbocycles. The Morgan fingerprint density at radius 2 is 1.58 bits per heavy atom. The van der Waals surface area contributed by atoms with E-state index in [4.69, 9.17) is 9.47 Å². The highest BCUT2D eigenvalue weighted by Crippen LogP contribution is 2.12. The molecule has 2 N–H and O–H groups in total. The van der Waals surface area contributed by atoms with Gasteiger partial charge in [0.2, 0.25) is 0 Å². The zero-order valence-electron chi connectivity index (χ0n) is 14.4. The van der Waals surface area contributed by atoms with Crippen molar-refractivity contribution in [2.45, 2.75) is 6.92 Å². The summed E-state index contributed by atoms with van der Waals surface area (Å²) in [4.78, 5) is 35.0. The SMILES string of the molecule is Cc1ccccc1NC(=O)COC(=O)CNC(=O)COc1ccccc1. The van der Waals surface area contributed by atoms with Crippen molar-refractivity contribution in [3.05, 3.63) is 60.2 Å². The number of anilines is 1. The minimum Gasteiger partial charge on any atom is -0.484 e. The van der Waals surface area contributed by atoms with Crippen LogP contribution in [0.1, 0.15) is 5.56 Å². The van der Waals surface area contributed by atoms with Gasteiger partial charge in [-0.3, -0.25) is 14.4 Å². The molecule has 7 nitrogen and oxygen atoms in total. The maximum Gasteiger partial charge on any atom is 0.325 e. The third-order valence-corrected chi connectivity index (χ3v) is 3.33. The second-order valence-electron chi connectivity index (χ2n) is 5.40. The van der Waals surface area contributed by atoms with Crippen molar-refractivity contribution in [2.75, 3.05) is 25.1 Å². The van der Waals surface area contributed by atoms with Gasteiger partial charge in [-0.25, -0.2) is 0 Å². The highest BCUT2D eigenvalue weighted by atomic mass is 16.5. The molecule has 0 atom stereocenters. The van der Waals surface area contributed by atoms with Crippen LogP contribution in [0.3, 0.4) is 0 Å². The summed E-state index contributed by atoms with van der Waals surface area (Å²) in [6.07, 6.45) is 0. The molecule has 2 amide bonds. The first-order valence-corrected chi connectivity index (χ1v) is 8.00. The first kappa shape index (κ1) is 19.0. The number of carbonyl (C=O) groups excluding carboxylic acids is 3. The van der Waals surface area contributed by atoms with Gasteiger partial charge in [-0.1, -0.05) is 36.4 Å². The number of hydrogen-bond donors (Lipinski definition) is 2. The molecule has 0 aliphatic rings. The molecular weight excluding hydrogens is 336 g/mol. The number of nitrogens with one attached hydrogen (secondary N) is 2. The van der Waals surface area contributed by atoms with E-state index < -0.39 is 24.4 Å². The number of rotatable bonds is 8. The minimum atomic E-state index is -0.710. The quantitative estimate of drug-likeness (QED) is 0.702. The topological polar surface area (TPSA) is 93.7 Å². The van der Waals surface area contributed by atoms with Crippen molar-refractivity contribution >= 4 is 23.5 Å². The molecule has 26 heavy (non-hydrogen) atoms. The molecule has 0 bridgehead atoms. The van der Waals surface area contributed by atoms with Crippen LogP contribution >= 0.6 is 0 Å². The van der Waals surface area contributed by atoms with Crippen LogP contribution in [0.15, 0.2) is 54.6 Å². The number of ether oxygens (including phenoxy) is 2. The number of hydrogen-bond acceptors (Lipinski definition) is 5. The van der Waals surface area contributed by atoms with E-state index in [1.54, 1.807) is 36.4 Å². The second-order valence-corrected chi connectivity index (χ2v) is 5.40. The highest BCUT2D eigenvalue weighted by Gasteiger charge is 2.10. The van der Waals surface area contributed by atoms with Gasteiger partial charge in [-0.15, -0.1) is 0 Å². The van der Waals surface area contributed by atoms with Gasteiger partial charge in [0.1, 0.15) is 12.3 Å². The van der Waals surface area contributed by atoms with Crippen LogP contribution in [-0.2, 0) is 19.1 Å². The van der Waals surface area contributed by atoms with Gasteiger partial charge in [-0.2, -0.15) is 0 Å². The lowest BCUT2D eigenvalue weighted by Gasteiger charge is -2.09. The molecule has 7 heteroatoms. The fourth-order valence-electron chi connectivity index (χ4n) is 1.98. The summed E-state index contributed by atoms with van der Waals surface area (Å²) in [6.45, 7) is 0.873. The lowest BCUT2D eigenvalue weighted by Crippen LogP contribution is -2.35. The summed E-state index contributed by atoms with van der Waals surface area (Å²) in [7, 11) is 0. The number of benzene rings is 2. The van der Waals surface area contributed by atoms with Crippen molar-refractivity contribution < 1.29 is 23.9 Å². The van der Waals surface area contributed by atoms with Crippen molar-refractivity contribution in [1.82, 2.24) is 5.32 Å². The van der Waals surface area contributed by atoms with Gasteiger partial charge < -0.3 is 20.1 Å². The average molecular weight is 356 g/mol. The van der Waals surface area contributed by atoms with Crippen LogP contribution in [0, 0.1) is 6.92 Å². The molecule has 0 radical (unpaired) electrons. The lowest BCUT2D eigenvalue weighted by molar-refractivity contribution is -0.147. The normalized spacial score (nSPS) is 9.88. The Bertz CT molecular complexity index is 762. The van der Waals surface area contributed by atoms with Crippen molar-refractivity contribution in [3.63, 3.8) is 0 Å². The van der Waals surface area contributed by atoms with E-state index in [-0.39, 0.29) is 13.2 Å². The van der Waals surface area contributed by atoms with E-state index >= 15 is 0 Å². The lowest BCUT2D eigenvalue weighted by atomic mass is 10.2. The van der Waals surface area contributed by atoms with Crippen molar-refractivity contribution in [2.24, 2.45) is 0 Å². The molecule has 0 saturated heterocycles. The number of para-hydroxylation sites is 2. The van der Waals surface area contributed by atoms with E-state index in [9.17, 15) is 14.4 Å². The number of amides is 2. The monoisotopic (exact) mass is 356 g/mol.